The molecule has 0 atom stereocenters. The van der Waals surface area contributed by atoms with Crippen molar-refractivity contribution < 1.29 is 4.39 Å². The molecule has 1 heterocycles. The zero-order chi connectivity index (χ0) is 14.4. The summed E-state index contributed by atoms with van der Waals surface area (Å²) in [6.45, 7) is 0. The van der Waals surface area contributed by atoms with Crippen LogP contribution in [0.1, 0.15) is 0 Å². The van der Waals surface area contributed by atoms with Crippen LogP contribution in [0.25, 0.3) is 27.5 Å². The van der Waals surface area contributed by atoms with Crippen molar-refractivity contribution in [1.29, 1.82) is 0 Å². The molecule has 0 bridgehead atoms. The lowest BCUT2D eigenvalue weighted by Gasteiger charge is -2.07. The molecule has 1 nitrogen and oxygen atoms in total. The normalized spacial score (nSPS) is 11.3. The first kappa shape index (κ1) is 12.4. The fourth-order valence-corrected chi connectivity index (χ4v) is 2.99. The number of hydrogen-bond acceptors (Lipinski definition) is 0. The Morgan fingerprint density at radius 1 is 0.762 bits per heavy atom. The van der Waals surface area contributed by atoms with Gasteiger partial charge < -0.3 is 4.57 Å². The molecule has 3 heteroatoms. The van der Waals surface area contributed by atoms with Crippen LogP contribution in [0.5, 0.6) is 0 Å². The van der Waals surface area contributed by atoms with Gasteiger partial charge in [-0.15, -0.1) is 0 Å². The lowest BCUT2D eigenvalue weighted by atomic mass is 10.1. The van der Waals surface area contributed by atoms with E-state index in [2.05, 4.69) is 4.57 Å². The molecule has 1 aromatic heterocycles. The van der Waals surface area contributed by atoms with Crippen molar-refractivity contribution >= 4 is 33.4 Å². The number of hydrogen-bond donors (Lipinski definition) is 0. The van der Waals surface area contributed by atoms with Gasteiger partial charge in [0.05, 0.1) is 11.0 Å². The predicted molar refractivity (Wildman–Crippen MR) is 85.7 cm³/mol. The zero-order valence-corrected chi connectivity index (χ0v) is 11.8. The highest BCUT2D eigenvalue weighted by molar-refractivity contribution is 6.31. The summed E-state index contributed by atoms with van der Waals surface area (Å²) < 4.78 is 15.7. The number of benzene rings is 3. The van der Waals surface area contributed by atoms with E-state index in [1.165, 1.54) is 6.07 Å². The molecule has 0 spiro atoms. The van der Waals surface area contributed by atoms with E-state index in [1.807, 2.05) is 54.6 Å². The molecule has 0 saturated carbocycles. The molecule has 0 amide bonds. The van der Waals surface area contributed by atoms with Crippen molar-refractivity contribution in [1.82, 2.24) is 4.57 Å². The zero-order valence-electron chi connectivity index (χ0n) is 11.1. The highest BCUT2D eigenvalue weighted by Crippen LogP contribution is 2.33. The third-order valence-corrected chi connectivity index (χ3v) is 3.94. The Kier molecular flexibility index (Phi) is 2.72. The molecule has 0 N–H and O–H groups in total. The summed E-state index contributed by atoms with van der Waals surface area (Å²) in [6.07, 6.45) is 0. The molecule has 4 aromatic rings. The monoisotopic (exact) mass is 295 g/mol. The van der Waals surface area contributed by atoms with Gasteiger partial charge >= 0.3 is 0 Å². The largest absolute Gasteiger partial charge is 0.309 e. The highest BCUT2D eigenvalue weighted by Gasteiger charge is 2.12. The Morgan fingerprint density at radius 3 is 2.38 bits per heavy atom. The Labute approximate surface area is 126 Å². The summed E-state index contributed by atoms with van der Waals surface area (Å²) >= 11 is 6.15. The maximum Gasteiger partial charge on any atom is 0.123 e. The SMILES string of the molecule is Fc1ccc2c(c1)c1ccc(Cl)cc1n2-c1ccccc1. The van der Waals surface area contributed by atoms with Gasteiger partial charge in [-0.05, 0) is 42.5 Å². The van der Waals surface area contributed by atoms with E-state index in [9.17, 15) is 4.39 Å². The first-order valence-electron chi connectivity index (χ1n) is 6.69. The number of nitrogens with zero attached hydrogens (tertiary/aromatic N) is 1. The molecule has 0 aliphatic rings. The Hall–Kier alpha value is -2.32. The molecular formula is C18H11ClFN. The van der Waals surface area contributed by atoms with Crippen LogP contribution < -0.4 is 0 Å². The van der Waals surface area contributed by atoms with Gasteiger partial charge in [0.2, 0.25) is 0 Å². The van der Waals surface area contributed by atoms with Crippen LogP contribution in [0, 0.1) is 5.82 Å². The Bertz CT molecular complexity index is 957. The van der Waals surface area contributed by atoms with E-state index in [0.717, 1.165) is 27.5 Å². The maximum absolute atomic E-state index is 13.6. The molecule has 0 aliphatic heterocycles. The van der Waals surface area contributed by atoms with Crippen molar-refractivity contribution in [2.24, 2.45) is 0 Å². The predicted octanol–water partition coefficient (Wildman–Crippen LogP) is 5.58. The van der Waals surface area contributed by atoms with Crippen molar-refractivity contribution in [3.63, 3.8) is 0 Å². The van der Waals surface area contributed by atoms with Gasteiger partial charge in [0.1, 0.15) is 5.82 Å². The quantitative estimate of drug-likeness (QED) is 0.432. The van der Waals surface area contributed by atoms with Gasteiger partial charge in [-0.1, -0.05) is 35.9 Å². The summed E-state index contributed by atoms with van der Waals surface area (Å²) in [4.78, 5) is 0. The van der Waals surface area contributed by atoms with E-state index in [0.29, 0.717) is 5.02 Å². The van der Waals surface area contributed by atoms with Gasteiger partial charge in [0, 0.05) is 21.5 Å². The minimum atomic E-state index is -0.232. The lowest BCUT2D eigenvalue weighted by molar-refractivity contribution is 0.629. The topological polar surface area (TPSA) is 4.93 Å². The molecule has 3 aromatic carbocycles. The van der Waals surface area contributed by atoms with Crippen molar-refractivity contribution in [3.05, 3.63) is 77.6 Å². The van der Waals surface area contributed by atoms with Crippen LogP contribution in [0.15, 0.2) is 66.7 Å². The first-order valence-corrected chi connectivity index (χ1v) is 7.06. The molecule has 0 saturated heterocycles. The van der Waals surface area contributed by atoms with Crippen LogP contribution in [-0.2, 0) is 0 Å². The minimum Gasteiger partial charge on any atom is -0.309 e. The van der Waals surface area contributed by atoms with Crippen LogP contribution in [-0.4, -0.2) is 4.57 Å². The molecule has 0 unspecified atom stereocenters. The van der Waals surface area contributed by atoms with Crippen LogP contribution >= 0.6 is 11.6 Å². The number of fused-ring (bicyclic) bond motifs is 3. The molecule has 0 radical (unpaired) electrons. The number of rotatable bonds is 1. The average Bonchev–Trinajstić information content (AvgIpc) is 2.81. The highest BCUT2D eigenvalue weighted by atomic mass is 35.5. The summed E-state index contributed by atoms with van der Waals surface area (Å²) in [6, 6.07) is 20.6. The van der Waals surface area contributed by atoms with Crippen molar-refractivity contribution in [3.8, 4) is 5.69 Å². The van der Waals surface area contributed by atoms with E-state index in [1.54, 1.807) is 6.07 Å². The number of aromatic nitrogens is 1. The molecule has 21 heavy (non-hydrogen) atoms. The molecule has 4 rings (SSSR count). The number of halogens is 2. The smallest absolute Gasteiger partial charge is 0.123 e. The van der Waals surface area contributed by atoms with Gasteiger partial charge in [-0.2, -0.15) is 0 Å². The van der Waals surface area contributed by atoms with Crippen LogP contribution in [0.4, 0.5) is 4.39 Å². The second-order valence-corrected chi connectivity index (χ2v) is 5.43. The van der Waals surface area contributed by atoms with Crippen LogP contribution in [0.2, 0.25) is 5.02 Å². The fraction of sp³-hybridized carbons (Fsp3) is 0. The summed E-state index contributed by atoms with van der Waals surface area (Å²) in [5.74, 6) is -0.232. The van der Waals surface area contributed by atoms with E-state index in [4.69, 9.17) is 11.6 Å². The van der Waals surface area contributed by atoms with Gasteiger partial charge in [0.15, 0.2) is 0 Å². The molecular weight excluding hydrogens is 285 g/mol. The molecule has 0 aliphatic carbocycles. The summed E-state index contributed by atoms with van der Waals surface area (Å²) in [5, 5.41) is 2.56. The Balaban J connectivity index is 2.23. The second kappa shape index (κ2) is 4.61. The third kappa shape index (κ3) is 1.91. The van der Waals surface area contributed by atoms with Gasteiger partial charge in [0.25, 0.3) is 0 Å². The maximum atomic E-state index is 13.6. The molecule has 102 valence electrons. The minimum absolute atomic E-state index is 0.232. The summed E-state index contributed by atoms with van der Waals surface area (Å²) in [5.41, 5.74) is 2.99. The average molecular weight is 296 g/mol. The van der Waals surface area contributed by atoms with E-state index < -0.39 is 0 Å². The van der Waals surface area contributed by atoms with E-state index >= 15 is 0 Å². The van der Waals surface area contributed by atoms with Crippen LogP contribution in [0.3, 0.4) is 0 Å². The van der Waals surface area contributed by atoms with Crippen molar-refractivity contribution in [2.75, 3.05) is 0 Å². The molecule has 0 fully saturated rings. The summed E-state index contributed by atoms with van der Waals surface area (Å²) in [7, 11) is 0. The third-order valence-electron chi connectivity index (χ3n) is 3.70. The van der Waals surface area contributed by atoms with Crippen molar-refractivity contribution in [2.45, 2.75) is 0 Å². The second-order valence-electron chi connectivity index (χ2n) is 4.99. The fourth-order valence-electron chi connectivity index (χ4n) is 2.82. The van der Waals surface area contributed by atoms with Gasteiger partial charge in [-0.3, -0.25) is 0 Å². The van der Waals surface area contributed by atoms with Gasteiger partial charge in [-0.25, -0.2) is 4.39 Å². The Morgan fingerprint density at radius 2 is 1.57 bits per heavy atom. The lowest BCUT2D eigenvalue weighted by Crippen LogP contribution is -1.92. The first-order chi connectivity index (χ1) is 10.2. The number of para-hydroxylation sites is 1. The van der Waals surface area contributed by atoms with E-state index in [-0.39, 0.29) is 5.82 Å². The standard InChI is InChI=1S/C18H11ClFN/c19-12-6-8-15-16-11-13(20)7-9-17(16)21(18(15)10-12)14-4-2-1-3-5-14/h1-11H.